The van der Waals surface area contributed by atoms with Crippen LogP contribution in [0.25, 0.3) is 0 Å². The summed E-state index contributed by atoms with van der Waals surface area (Å²) >= 11 is 1.33. The van der Waals surface area contributed by atoms with Gasteiger partial charge in [-0.3, -0.25) is 15.4 Å². The highest BCUT2D eigenvalue weighted by Crippen LogP contribution is 2.31. The average molecular weight is 307 g/mol. The van der Waals surface area contributed by atoms with Crippen LogP contribution >= 0.6 is 11.9 Å². The molecular weight excluding hydrogens is 295 g/mol. The maximum absolute atomic E-state index is 13.9. The number of halogens is 1. The third kappa shape index (κ3) is 2.30. The number of nitrogens with zero attached hydrogens (tertiary/aromatic N) is 2. The van der Waals surface area contributed by atoms with Crippen molar-refractivity contribution in [1.82, 2.24) is 9.73 Å². The highest BCUT2D eigenvalue weighted by atomic mass is 32.2. The summed E-state index contributed by atoms with van der Waals surface area (Å²) in [7, 11) is 0. The van der Waals surface area contributed by atoms with Gasteiger partial charge in [0.2, 0.25) is 18.1 Å². The number of hydrogen-bond acceptors (Lipinski definition) is 5. The highest BCUT2D eigenvalue weighted by molar-refractivity contribution is 8.00. The smallest absolute Gasteiger partial charge is 0.284 e. The molecule has 0 saturated carbocycles. The second kappa shape index (κ2) is 5.27. The minimum Gasteiger partial charge on any atom is -0.464 e. The van der Waals surface area contributed by atoms with Gasteiger partial charge in [-0.1, -0.05) is 10.6 Å². The molecule has 1 aliphatic carbocycles. The Hall–Kier alpha value is -2.24. The van der Waals surface area contributed by atoms with Crippen LogP contribution in [0.4, 0.5) is 4.39 Å². The lowest BCUT2D eigenvalue weighted by molar-refractivity contribution is -0.491. The molecule has 0 bridgehead atoms. The number of terminal acetylenes is 1. The Bertz CT molecular complexity index is 674. The van der Waals surface area contributed by atoms with Crippen LogP contribution in [0.1, 0.15) is 6.42 Å². The van der Waals surface area contributed by atoms with E-state index in [4.69, 9.17) is 16.9 Å². The van der Waals surface area contributed by atoms with Gasteiger partial charge in [-0.25, -0.2) is 4.39 Å². The summed E-state index contributed by atoms with van der Waals surface area (Å²) in [6.07, 6.45) is 7.14. The van der Waals surface area contributed by atoms with Crippen LogP contribution in [0.3, 0.4) is 0 Å². The number of allylic oxidation sites excluding steroid dienone is 3. The van der Waals surface area contributed by atoms with Gasteiger partial charge in [0.25, 0.3) is 5.91 Å². The van der Waals surface area contributed by atoms with E-state index < -0.39 is 12.1 Å². The molecule has 0 fully saturated rings. The predicted octanol–water partition coefficient (Wildman–Crippen LogP) is 0.323. The highest BCUT2D eigenvalue weighted by Gasteiger charge is 2.42. The number of amides is 1. The van der Waals surface area contributed by atoms with Gasteiger partial charge in [-0.05, 0) is 0 Å². The maximum Gasteiger partial charge on any atom is 0.284 e. The molecule has 21 heavy (non-hydrogen) atoms. The van der Waals surface area contributed by atoms with Gasteiger partial charge in [0.1, 0.15) is 5.83 Å². The molecule has 1 unspecified atom stereocenters. The molecule has 3 aliphatic rings. The minimum absolute atomic E-state index is 0.0314. The number of hydrogen-bond donors (Lipinski definition) is 2. The normalized spacial score (nSPS) is 27.9. The van der Waals surface area contributed by atoms with Gasteiger partial charge in [0.05, 0.1) is 18.4 Å². The Balaban J connectivity index is 2.16. The van der Waals surface area contributed by atoms with Crippen molar-refractivity contribution in [2.24, 2.45) is 5.73 Å². The Morgan fingerprint density at radius 3 is 3.19 bits per heavy atom. The number of rotatable bonds is 1. The van der Waals surface area contributed by atoms with E-state index in [0.717, 1.165) is 0 Å². The van der Waals surface area contributed by atoms with Crippen LogP contribution < -0.4 is 10.6 Å². The fourth-order valence-corrected chi connectivity index (χ4v) is 2.81. The number of nitrogens with one attached hydrogen (secondary N) is 1. The quantitative estimate of drug-likeness (QED) is 0.415. The second-order valence-electron chi connectivity index (χ2n) is 4.46. The molecule has 8 heteroatoms. The van der Waals surface area contributed by atoms with Crippen LogP contribution in [0.5, 0.6) is 0 Å². The molecule has 0 aromatic carbocycles. The number of ether oxygens (including phenoxy) is 1. The Kier molecular flexibility index (Phi) is 3.45. The summed E-state index contributed by atoms with van der Waals surface area (Å²) in [6, 6.07) is 0. The van der Waals surface area contributed by atoms with Crippen molar-refractivity contribution in [3.8, 4) is 12.3 Å². The van der Waals surface area contributed by atoms with Gasteiger partial charge in [-0.15, -0.1) is 11.3 Å². The first-order valence-electron chi connectivity index (χ1n) is 6.12. The van der Waals surface area contributed by atoms with Gasteiger partial charge in [0.15, 0.2) is 11.5 Å². The molecule has 1 atom stereocenters. The fraction of sp³-hybridized carbons (Fsp3) is 0.231. The van der Waals surface area contributed by atoms with Gasteiger partial charge in [0, 0.05) is 18.0 Å². The molecule has 0 aromatic heterocycles. The molecule has 6 nitrogen and oxygen atoms in total. The molecule has 3 N–H and O–H groups in total. The Morgan fingerprint density at radius 1 is 1.71 bits per heavy atom. The third-order valence-corrected chi connectivity index (χ3v) is 3.69. The van der Waals surface area contributed by atoms with Gasteiger partial charge < -0.3 is 4.74 Å². The largest absolute Gasteiger partial charge is 0.464 e. The summed E-state index contributed by atoms with van der Waals surface area (Å²) in [4.78, 5) is 16.5. The average Bonchev–Trinajstić information content (AvgIpc) is 2.97. The van der Waals surface area contributed by atoms with Crippen molar-refractivity contribution in [2.45, 2.75) is 12.6 Å². The summed E-state index contributed by atoms with van der Waals surface area (Å²) in [5.41, 5.74) is 6.61. The molecule has 2 aliphatic heterocycles. The third-order valence-electron chi connectivity index (χ3n) is 3.13. The van der Waals surface area contributed by atoms with E-state index in [1.54, 1.807) is 16.3 Å². The van der Waals surface area contributed by atoms with E-state index in [2.05, 4.69) is 10.8 Å². The number of carbonyl (C=O) groups excluding carboxylic acids is 1. The maximum atomic E-state index is 13.9. The number of carbonyl (C=O) groups is 1. The molecule has 108 valence electrons. The minimum atomic E-state index is -1.18. The molecule has 2 heterocycles. The van der Waals surface area contributed by atoms with Crippen LogP contribution in [0, 0.1) is 12.3 Å². The van der Waals surface area contributed by atoms with Crippen molar-refractivity contribution in [1.29, 1.82) is 0 Å². The zero-order valence-corrected chi connectivity index (χ0v) is 11.7. The molecule has 0 spiro atoms. The monoisotopic (exact) mass is 307 g/mol. The van der Waals surface area contributed by atoms with Gasteiger partial charge >= 0.3 is 0 Å². The standard InChI is InChI=1S/C13H12FN4O2S/c1-2-3-17-11-9(18-4-5-21-16-18)6-8(14)7-10(11)20-12(15)13(17)19/h1,4-5,7,12,16H,3,6,15H2/q+1. The molecule has 0 radical (unpaired) electrons. The molecule has 0 saturated heterocycles. The van der Waals surface area contributed by atoms with Crippen molar-refractivity contribution in [3.63, 3.8) is 0 Å². The number of hydrazone groups is 1. The lowest BCUT2D eigenvalue weighted by Gasteiger charge is -2.33. The van der Waals surface area contributed by atoms with E-state index in [-0.39, 0.29) is 24.6 Å². The molecule has 1 amide bonds. The van der Waals surface area contributed by atoms with Crippen LogP contribution in [0.2, 0.25) is 0 Å². The van der Waals surface area contributed by atoms with Crippen LogP contribution in [-0.2, 0) is 9.53 Å². The number of nitrogens with two attached hydrogens (primary N) is 1. The van der Waals surface area contributed by atoms with Crippen molar-refractivity contribution in [3.05, 3.63) is 35.0 Å². The zero-order valence-electron chi connectivity index (χ0n) is 10.9. The van der Waals surface area contributed by atoms with Crippen molar-refractivity contribution >= 4 is 23.6 Å². The van der Waals surface area contributed by atoms with E-state index in [1.807, 2.05) is 0 Å². The Labute approximate surface area is 124 Å². The van der Waals surface area contributed by atoms with E-state index in [1.165, 1.54) is 22.9 Å². The van der Waals surface area contributed by atoms with Crippen molar-refractivity contribution < 1.29 is 18.6 Å². The number of hydrazine groups is 1. The first-order valence-corrected chi connectivity index (χ1v) is 7.00. The van der Waals surface area contributed by atoms with Crippen LogP contribution in [-0.4, -0.2) is 34.0 Å². The lowest BCUT2D eigenvalue weighted by Crippen LogP contribution is -2.51. The topological polar surface area (TPSA) is 70.6 Å². The predicted molar refractivity (Wildman–Crippen MR) is 75.6 cm³/mol. The van der Waals surface area contributed by atoms with E-state index >= 15 is 0 Å². The summed E-state index contributed by atoms with van der Waals surface area (Å²) in [5, 5.41) is 1.80. The zero-order chi connectivity index (χ0) is 15.0. The van der Waals surface area contributed by atoms with Crippen molar-refractivity contribution in [2.75, 3.05) is 6.54 Å². The van der Waals surface area contributed by atoms with E-state index in [0.29, 0.717) is 11.4 Å². The molecular formula is C13H12FN4O2S+. The second-order valence-corrected chi connectivity index (χ2v) is 5.15. The molecule has 3 rings (SSSR count). The summed E-state index contributed by atoms with van der Waals surface area (Å²) < 4.78 is 20.8. The van der Waals surface area contributed by atoms with E-state index in [9.17, 15) is 9.18 Å². The first-order chi connectivity index (χ1) is 10.1. The lowest BCUT2D eigenvalue weighted by atomic mass is 10.0. The Morgan fingerprint density at radius 2 is 2.52 bits per heavy atom. The van der Waals surface area contributed by atoms with Crippen LogP contribution in [0.15, 0.2) is 35.0 Å². The SMILES string of the molecule is C#CCN1C(=O)C(N)OC2=C1C(=[N+]1C=CSN1)CC(F)=C2. The first kappa shape index (κ1) is 13.7. The molecule has 0 aromatic rings. The summed E-state index contributed by atoms with van der Waals surface area (Å²) in [6.45, 7) is 0.0401. The van der Waals surface area contributed by atoms with Gasteiger partial charge in [-0.2, -0.15) is 0 Å². The fourth-order valence-electron chi connectivity index (χ4n) is 2.28. The summed E-state index contributed by atoms with van der Waals surface area (Å²) in [5.74, 6) is 1.80.